The lowest BCUT2D eigenvalue weighted by Gasteiger charge is -2.04. The second kappa shape index (κ2) is 4.99. The number of nitrogens with zero attached hydrogens (tertiary/aromatic N) is 2. The molecule has 0 bridgehead atoms. The molecular formula is C13H17N3O. The van der Waals surface area contributed by atoms with Crippen LogP contribution in [0.3, 0.4) is 0 Å². The van der Waals surface area contributed by atoms with Gasteiger partial charge in [-0.05, 0) is 24.1 Å². The van der Waals surface area contributed by atoms with Gasteiger partial charge in [0.05, 0.1) is 17.8 Å². The van der Waals surface area contributed by atoms with E-state index in [-0.39, 0.29) is 5.91 Å². The van der Waals surface area contributed by atoms with Gasteiger partial charge in [0.2, 0.25) is 5.91 Å². The van der Waals surface area contributed by atoms with Crippen molar-refractivity contribution >= 4 is 11.4 Å². The molecule has 0 aliphatic rings. The number of nitrogens with one attached hydrogen (secondary N) is 1. The fraction of sp³-hybridized carbons (Fsp3) is 0.385. The fourth-order valence-corrected chi connectivity index (χ4v) is 1.71. The normalized spacial score (nSPS) is 11.0. The lowest BCUT2D eigenvalue weighted by molar-refractivity contribution is -0.121. The Bertz CT molecular complexity index is 483. The van der Waals surface area contributed by atoms with Gasteiger partial charge in [-0.2, -0.15) is 5.10 Å². The molecule has 2 heterocycles. The highest BCUT2D eigenvalue weighted by molar-refractivity contribution is 5.76. The number of amides is 1. The van der Waals surface area contributed by atoms with Crippen molar-refractivity contribution in [3.63, 3.8) is 0 Å². The van der Waals surface area contributed by atoms with Crippen molar-refractivity contribution < 1.29 is 4.79 Å². The average molecular weight is 231 g/mol. The van der Waals surface area contributed by atoms with Crippen LogP contribution in [0.1, 0.15) is 26.0 Å². The molecule has 2 rings (SSSR count). The molecule has 0 aliphatic heterocycles. The van der Waals surface area contributed by atoms with Crippen molar-refractivity contribution in [2.24, 2.45) is 5.92 Å². The first-order chi connectivity index (χ1) is 8.15. The molecule has 0 saturated heterocycles. The van der Waals surface area contributed by atoms with E-state index < -0.39 is 0 Å². The molecule has 0 spiro atoms. The average Bonchev–Trinajstić information content (AvgIpc) is 2.68. The zero-order chi connectivity index (χ0) is 12.3. The smallest absolute Gasteiger partial charge is 0.220 e. The first kappa shape index (κ1) is 11.6. The Morgan fingerprint density at radius 3 is 3.00 bits per heavy atom. The Labute approximate surface area is 101 Å². The van der Waals surface area contributed by atoms with E-state index in [0.29, 0.717) is 18.9 Å². The van der Waals surface area contributed by atoms with Crippen molar-refractivity contribution in [2.45, 2.75) is 26.8 Å². The molecular weight excluding hydrogens is 214 g/mol. The van der Waals surface area contributed by atoms with Gasteiger partial charge in [0.1, 0.15) is 0 Å². The predicted molar refractivity (Wildman–Crippen MR) is 66.5 cm³/mol. The van der Waals surface area contributed by atoms with Gasteiger partial charge in [0.25, 0.3) is 0 Å². The summed E-state index contributed by atoms with van der Waals surface area (Å²) in [5, 5.41) is 7.24. The van der Waals surface area contributed by atoms with Gasteiger partial charge < -0.3 is 5.32 Å². The number of rotatable bonds is 4. The van der Waals surface area contributed by atoms with Crippen LogP contribution in [0.2, 0.25) is 0 Å². The Kier molecular flexibility index (Phi) is 3.42. The van der Waals surface area contributed by atoms with Crippen LogP contribution in [0, 0.1) is 5.92 Å². The quantitative estimate of drug-likeness (QED) is 0.874. The van der Waals surface area contributed by atoms with Crippen molar-refractivity contribution in [1.82, 2.24) is 14.9 Å². The molecule has 0 unspecified atom stereocenters. The number of carbonyl (C=O) groups excluding carboxylic acids is 1. The van der Waals surface area contributed by atoms with Gasteiger partial charge in [0, 0.05) is 12.6 Å². The molecule has 2 aromatic heterocycles. The number of carbonyl (C=O) groups is 1. The lowest BCUT2D eigenvalue weighted by Crippen LogP contribution is -2.24. The highest BCUT2D eigenvalue weighted by Crippen LogP contribution is 2.05. The Hall–Kier alpha value is -1.84. The van der Waals surface area contributed by atoms with E-state index in [2.05, 4.69) is 10.4 Å². The lowest BCUT2D eigenvalue weighted by atomic mass is 10.1. The molecule has 0 aliphatic carbocycles. The Balaban J connectivity index is 1.97. The molecule has 90 valence electrons. The van der Waals surface area contributed by atoms with Gasteiger partial charge in [0.15, 0.2) is 0 Å². The largest absolute Gasteiger partial charge is 0.350 e. The standard InChI is InChI=1S/C13H17N3O/c1-10(2)7-13(17)14-9-11-8-12-5-3-4-6-16(12)15-11/h3-6,8,10H,7,9H2,1-2H3,(H,14,17). The number of hydrogen-bond donors (Lipinski definition) is 1. The molecule has 4 heteroatoms. The molecule has 2 aromatic rings. The van der Waals surface area contributed by atoms with Gasteiger partial charge in [-0.1, -0.05) is 19.9 Å². The van der Waals surface area contributed by atoms with Crippen molar-refractivity contribution in [3.8, 4) is 0 Å². The van der Waals surface area contributed by atoms with Crippen LogP contribution in [0.25, 0.3) is 5.52 Å². The Morgan fingerprint density at radius 1 is 1.47 bits per heavy atom. The van der Waals surface area contributed by atoms with E-state index in [4.69, 9.17) is 0 Å². The molecule has 0 atom stereocenters. The summed E-state index contributed by atoms with van der Waals surface area (Å²) in [6.45, 7) is 4.56. The molecule has 0 fully saturated rings. The van der Waals surface area contributed by atoms with Crippen molar-refractivity contribution in [2.75, 3.05) is 0 Å². The van der Waals surface area contributed by atoms with E-state index in [9.17, 15) is 4.79 Å². The highest BCUT2D eigenvalue weighted by Gasteiger charge is 2.06. The fourth-order valence-electron chi connectivity index (χ4n) is 1.71. The molecule has 4 nitrogen and oxygen atoms in total. The summed E-state index contributed by atoms with van der Waals surface area (Å²) in [5.74, 6) is 0.466. The summed E-state index contributed by atoms with van der Waals surface area (Å²) < 4.78 is 1.81. The van der Waals surface area contributed by atoms with Gasteiger partial charge in [-0.15, -0.1) is 0 Å². The molecule has 17 heavy (non-hydrogen) atoms. The first-order valence-corrected chi connectivity index (χ1v) is 5.85. The van der Waals surface area contributed by atoms with Gasteiger partial charge >= 0.3 is 0 Å². The van der Waals surface area contributed by atoms with Crippen LogP contribution >= 0.6 is 0 Å². The zero-order valence-electron chi connectivity index (χ0n) is 10.2. The van der Waals surface area contributed by atoms with Crippen LogP contribution in [-0.2, 0) is 11.3 Å². The maximum Gasteiger partial charge on any atom is 0.220 e. The topological polar surface area (TPSA) is 46.4 Å². The predicted octanol–water partition coefficient (Wildman–Crippen LogP) is 2.00. The van der Waals surface area contributed by atoms with E-state index in [1.54, 1.807) is 0 Å². The van der Waals surface area contributed by atoms with Crippen molar-refractivity contribution in [3.05, 3.63) is 36.2 Å². The third-order valence-electron chi connectivity index (χ3n) is 2.48. The minimum atomic E-state index is 0.0806. The van der Waals surface area contributed by atoms with Crippen LogP contribution < -0.4 is 5.32 Å². The van der Waals surface area contributed by atoms with Crippen LogP contribution in [0.5, 0.6) is 0 Å². The number of hydrogen-bond acceptors (Lipinski definition) is 2. The molecule has 0 saturated carbocycles. The van der Waals surface area contributed by atoms with Crippen LogP contribution in [0.4, 0.5) is 0 Å². The first-order valence-electron chi connectivity index (χ1n) is 5.85. The van der Waals surface area contributed by atoms with E-state index in [1.165, 1.54) is 0 Å². The van der Waals surface area contributed by atoms with E-state index >= 15 is 0 Å². The molecule has 1 N–H and O–H groups in total. The molecule has 0 radical (unpaired) electrons. The van der Waals surface area contributed by atoms with E-state index in [0.717, 1.165) is 11.2 Å². The molecule has 1 amide bonds. The zero-order valence-corrected chi connectivity index (χ0v) is 10.2. The van der Waals surface area contributed by atoms with Crippen LogP contribution in [0.15, 0.2) is 30.5 Å². The monoisotopic (exact) mass is 231 g/mol. The minimum Gasteiger partial charge on any atom is -0.350 e. The maximum atomic E-state index is 11.5. The highest BCUT2D eigenvalue weighted by atomic mass is 16.1. The minimum absolute atomic E-state index is 0.0806. The summed E-state index contributed by atoms with van der Waals surface area (Å²) in [6.07, 6.45) is 2.46. The third-order valence-corrected chi connectivity index (χ3v) is 2.48. The third kappa shape index (κ3) is 3.06. The van der Waals surface area contributed by atoms with E-state index in [1.807, 2.05) is 48.8 Å². The van der Waals surface area contributed by atoms with Gasteiger partial charge in [-0.25, -0.2) is 4.52 Å². The molecule has 0 aromatic carbocycles. The summed E-state index contributed by atoms with van der Waals surface area (Å²) in [6, 6.07) is 7.88. The SMILES string of the molecule is CC(C)CC(=O)NCc1cc2ccccn2n1. The summed E-state index contributed by atoms with van der Waals surface area (Å²) >= 11 is 0. The second-order valence-corrected chi connectivity index (χ2v) is 4.58. The summed E-state index contributed by atoms with van der Waals surface area (Å²) in [4.78, 5) is 11.5. The number of aromatic nitrogens is 2. The van der Waals surface area contributed by atoms with Gasteiger partial charge in [-0.3, -0.25) is 4.79 Å². The number of fused-ring (bicyclic) bond motifs is 1. The number of pyridine rings is 1. The van der Waals surface area contributed by atoms with Crippen LogP contribution in [-0.4, -0.2) is 15.5 Å². The Morgan fingerprint density at radius 2 is 2.29 bits per heavy atom. The maximum absolute atomic E-state index is 11.5. The van der Waals surface area contributed by atoms with Crippen molar-refractivity contribution in [1.29, 1.82) is 0 Å². The summed E-state index contributed by atoms with van der Waals surface area (Å²) in [5.41, 5.74) is 1.92. The second-order valence-electron chi connectivity index (χ2n) is 4.58. The summed E-state index contributed by atoms with van der Waals surface area (Å²) in [7, 11) is 0.